The predicted octanol–water partition coefficient (Wildman–Crippen LogP) is 3.54. The standard InChI is InChI=1S/C22H23N3O4/c1-14-10-16(15(2)25(14)18-8-9-18)11-17(12-23)22(27)29-13-21(26)24-19-6-4-5-7-20(19)28-3/h4-7,10-11,18H,8-9,13H2,1-3H3,(H,24,26)/b17-11+. The molecule has 0 spiro atoms. The first-order chi connectivity index (χ1) is 13.9. The van der Waals surface area contributed by atoms with Crippen LogP contribution in [-0.4, -0.2) is 30.2 Å². The van der Waals surface area contributed by atoms with Crippen LogP contribution in [0.3, 0.4) is 0 Å². The maximum atomic E-state index is 12.3. The van der Waals surface area contributed by atoms with E-state index < -0.39 is 18.5 Å². The summed E-state index contributed by atoms with van der Waals surface area (Å²) in [5, 5.41) is 12.0. The van der Waals surface area contributed by atoms with Gasteiger partial charge in [-0.3, -0.25) is 4.79 Å². The molecule has 7 heteroatoms. The van der Waals surface area contributed by atoms with Crippen molar-refractivity contribution in [2.45, 2.75) is 32.7 Å². The Balaban J connectivity index is 1.64. The Morgan fingerprint density at radius 3 is 2.69 bits per heavy atom. The Morgan fingerprint density at radius 1 is 1.31 bits per heavy atom. The molecule has 1 aromatic heterocycles. The number of nitrogens with zero attached hydrogens (tertiary/aromatic N) is 2. The summed E-state index contributed by atoms with van der Waals surface area (Å²) in [5.74, 6) is -0.859. The zero-order chi connectivity index (χ0) is 21.0. The lowest BCUT2D eigenvalue weighted by molar-refractivity contribution is -0.142. The van der Waals surface area contributed by atoms with E-state index in [0.717, 1.165) is 29.8 Å². The lowest BCUT2D eigenvalue weighted by Crippen LogP contribution is -2.21. The quantitative estimate of drug-likeness (QED) is 0.441. The average Bonchev–Trinajstić information content (AvgIpc) is 3.50. The van der Waals surface area contributed by atoms with Crippen molar-refractivity contribution >= 4 is 23.6 Å². The zero-order valence-electron chi connectivity index (χ0n) is 16.7. The van der Waals surface area contributed by atoms with E-state index in [4.69, 9.17) is 9.47 Å². The third-order valence-corrected chi connectivity index (χ3v) is 4.79. The first-order valence-corrected chi connectivity index (χ1v) is 9.34. The molecule has 1 saturated carbocycles. The van der Waals surface area contributed by atoms with Gasteiger partial charge in [0.2, 0.25) is 0 Å². The minimum absolute atomic E-state index is 0.147. The van der Waals surface area contributed by atoms with Gasteiger partial charge in [-0.05, 0) is 56.5 Å². The number of methoxy groups -OCH3 is 1. The maximum absolute atomic E-state index is 12.3. The van der Waals surface area contributed by atoms with Gasteiger partial charge in [0.05, 0.1) is 12.8 Å². The van der Waals surface area contributed by atoms with Crippen LogP contribution >= 0.6 is 0 Å². The third-order valence-electron chi connectivity index (χ3n) is 4.79. The van der Waals surface area contributed by atoms with Crippen molar-refractivity contribution in [2.24, 2.45) is 0 Å². The second kappa shape index (κ2) is 8.65. The molecular weight excluding hydrogens is 370 g/mol. The molecule has 1 N–H and O–H groups in total. The molecular formula is C22H23N3O4. The normalized spacial score (nSPS) is 13.5. The molecule has 0 saturated heterocycles. The molecule has 1 aliphatic carbocycles. The van der Waals surface area contributed by atoms with E-state index in [1.165, 1.54) is 13.2 Å². The van der Waals surface area contributed by atoms with Crippen LogP contribution in [0.2, 0.25) is 0 Å². The number of hydrogen-bond donors (Lipinski definition) is 1. The second-order valence-electron chi connectivity index (χ2n) is 6.92. The summed E-state index contributed by atoms with van der Waals surface area (Å²) in [4.78, 5) is 24.4. The highest BCUT2D eigenvalue weighted by Crippen LogP contribution is 2.38. The van der Waals surface area contributed by atoms with E-state index >= 15 is 0 Å². The van der Waals surface area contributed by atoms with E-state index in [1.807, 2.05) is 26.0 Å². The van der Waals surface area contributed by atoms with Gasteiger partial charge in [0.1, 0.15) is 17.4 Å². The first-order valence-electron chi connectivity index (χ1n) is 9.34. The largest absolute Gasteiger partial charge is 0.495 e. The summed E-state index contributed by atoms with van der Waals surface area (Å²) in [7, 11) is 1.50. The van der Waals surface area contributed by atoms with Crippen LogP contribution in [0, 0.1) is 25.2 Å². The summed E-state index contributed by atoms with van der Waals surface area (Å²) < 4.78 is 12.4. The Labute approximate surface area is 169 Å². The Bertz CT molecular complexity index is 1010. The SMILES string of the molecule is COc1ccccc1NC(=O)COC(=O)/C(C#N)=C/c1cc(C)n(C2CC2)c1C. The van der Waals surface area contributed by atoms with Gasteiger partial charge >= 0.3 is 5.97 Å². The Hall–Kier alpha value is -3.53. The van der Waals surface area contributed by atoms with Crippen molar-refractivity contribution in [3.8, 4) is 11.8 Å². The number of para-hydroxylation sites is 2. The highest BCUT2D eigenvalue weighted by atomic mass is 16.5. The van der Waals surface area contributed by atoms with Gasteiger partial charge in [-0.25, -0.2) is 4.79 Å². The van der Waals surface area contributed by atoms with Crippen LogP contribution in [0.5, 0.6) is 5.75 Å². The highest BCUT2D eigenvalue weighted by Gasteiger charge is 2.27. The fourth-order valence-electron chi connectivity index (χ4n) is 3.28. The van der Waals surface area contributed by atoms with Crippen LogP contribution < -0.4 is 10.1 Å². The van der Waals surface area contributed by atoms with E-state index in [1.54, 1.807) is 24.3 Å². The predicted molar refractivity (Wildman–Crippen MR) is 108 cm³/mol. The number of esters is 1. The Morgan fingerprint density at radius 2 is 2.03 bits per heavy atom. The molecule has 1 amide bonds. The molecule has 0 unspecified atom stereocenters. The van der Waals surface area contributed by atoms with Gasteiger partial charge in [-0.2, -0.15) is 5.26 Å². The monoisotopic (exact) mass is 393 g/mol. The fourth-order valence-corrected chi connectivity index (χ4v) is 3.28. The number of nitrogens with one attached hydrogen (secondary N) is 1. The molecule has 0 atom stereocenters. The fraction of sp³-hybridized carbons (Fsp3) is 0.318. The second-order valence-corrected chi connectivity index (χ2v) is 6.92. The number of carbonyl (C=O) groups is 2. The van der Waals surface area contributed by atoms with Crippen LogP contribution in [0.4, 0.5) is 5.69 Å². The van der Waals surface area contributed by atoms with Crippen LogP contribution in [0.1, 0.15) is 35.8 Å². The van der Waals surface area contributed by atoms with Gasteiger partial charge in [0.25, 0.3) is 5.91 Å². The molecule has 29 heavy (non-hydrogen) atoms. The van der Waals surface area contributed by atoms with Crippen LogP contribution in [0.15, 0.2) is 35.9 Å². The van der Waals surface area contributed by atoms with Gasteiger partial charge < -0.3 is 19.4 Å². The number of nitriles is 1. The van der Waals surface area contributed by atoms with E-state index in [9.17, 15) is 14.9 Å². The molecule has 1 fully saturated rings. The number of aromatic nitrogens is 1. The number of rotatable bonds is 7. The first kappa shape index (κ1) is 20.2. The van der Waals surface area contributed by atoms with Crippen molar-refractivity contribution in [1.29, 1.82) is 5.26 Å². The summed E-state index contributed by atoms with van der Waals surface area (Å²) in [6, 6.07) is 11.2. The number of benzene rings is 1. The van der Waals surface area contributed by atoms with E-state index in [-0.39, 0.29) is 5.57 Å². The number of aryl methyl sites for hydroxylation is 1. The minimum Gasteiger partial charge on any atom is -0.495 e. The van der Waals surface area contributed by atoms with Gasteiger partial charge in [0.15, 0.2) is 6.61 Å². The Kier molecular flexibility index (Phi) is 6.03. The van der Waals surface area contributed by atoms with Gasteiger partial charge in [0, 0.05) is 17.4 Å². The van der Waals surface area contributed by atoms with Crippen molar-refractivity contribution in [3.63, 3.8) is 0 Å². The molecule has 0 aliphatic heterocycles. The average molecular weight is 393 g/mol. The smallest absolute Gasteiger partial charge is 0.349 e. The molecule has 1 aliphatic rings. The van der Waals surface area contributed by atoms with Gasteiger partial charge in [-0.15, -0.1) is 0 Å². The summed E-state index contributed by atoms with van der Waals surface area (Å²) in [6.07, 6.45) is 3.81. The molecule has 0 radical (unpaired) electrons. The number of anilines is 1. The molecule has 1 aromatic carbocycles. The van der Waals surface area contributed by atoms with Crippen molar-refractivity contribution in [3.05, 3.63) is 52.9 Å². The van der Waals surface area contributed by atoms with Crippen LogP contribution in [0.25, 0.3) is 6.08 Å². The molecule has 150 valence electrons. The maximum Gasteiger partial charge on any atom is 0.349 e. The number of carbonyl (C=O) groups excluding carboxylic acids is 2. The molecule has 7 nitrogen and oxygen atoms in total. The van der Waals surface area contributed by atoms with Gasteiger partial charge in [-0.1, -0.05) is 12.1 Å². The summed E-state index contributed by atoms with van der Waals surface area (Å²) in [5.41, 5.74) is 3.24. The molecule has 2 aromatic rings. The van der Waals surface area contributed by atoms with E-state index in [2.05, 4.69) is 9.88 Å². The lowest BCUT2D eigenvalue weighted by atomic mass is 10.1. The lowest BCUT2D eigenvalue weighted by Gasteiger charge is -2.10. The third kappa shape index (κ3) is 4.66. The number of ether oxygens (including phenoxy) is 2. The molecule has 1 heterocycles. The summed E-state index contributed by atoms with van der Waals surface area (Å²) in [6.45, 7) is 3.48. The van der Waals surface area contributed by atoms with Crippen LogP contribution in [-0.2, 0) is 14.3 Å². The molecule has 3 rings (SSSR count). The topological polar surface area (TPSA) is 93.3 Å². The molecule has 0 bridgehead atoms. The number of amides is 1. The van der Waals surface area contributed by atoms with Crippen molar-refractivity contribution < 1.29 is 19.1 Å². The zero-order valence-corrected chi connectivity index (χ0v) is 16.7. The van der Waals surface area contributed by atoms with Crippen molar-refractivity contribution in [1.82, 2.24) is 4.57 Å². The summed E-state index contributed by atoms with van der Waals surface area (Å²) >= 11 is 0. The van der Waals surface area contributed by atoms with Crippen molar-refractivity contribution in [2.75, 3.05) is 19.0 Å². The highest BCUT2D eigenvalue weighted by molar-refractivity contribution is 6.00. The minimum atomic E-state index is -0.834. The number of hydrogen-bond acceptors (Lipinski definition) is 5. The van der Waals surface area contributed by atoms with E-state index in [0.29, 0.717) is 17.5 Å².